The molecule has 2 aromatic rings. The Morgan fingerprint density at radius 2 is 1.65 bits per heavy atom. The van der Waals surface area contributed by atoms with E-state index in [0.717, 1.165) is 16.7 Å². The Balaban J connectivity index is 2.40. The molecular formula is C17H19NO2. The van der Waals surface area contributed by atoms with Crippen LogP contribution in [-0.4, -0.2) is 17.1 Å². The summed E-state index contributed by atoms with van der Waals surface area (Å²) in [5.74, 6) is -0.848. The normalized spacial score (nSPS) is 13.7. The molecule has 0 aliphatic carbocycles. The fourth-order valence-corrected chi connectivity index (χ4v) is 2.24. The largest absolute Gasteiger partial charge is 0.480 e. The second kappa shape index (κ2) is 6.35. The number of hydrogen-bond donors (Lipinski definition) is 2. The van der Waals surface area contributed by atoms with Crippen LogP contribution in [0, 0.1) is 6.92 Å². The summed E-state index contributed by atoms with van der Waals surface area (Å²) in [4.78, 5) is 11.1. The summed E-state index contributed by atoms with van der Waals surface area (Å²) in [5, 5.41) is 12.3. The number of nitrogens with one attached hydrogen (secondary N) is 1. The highest BCUT2D eigenvalue weighted by molar-refractivity contribution is 5.73. The third-order valence-electron chi connectivity index (χ3n) is 3.42. The average Bonchev–Trinajstić information content (AvgIpc) is 2.46. The van der Waals surface area contributed by atoms with E-state index in [1.165, 1.54) is 0 Å². The molecule has 0 saturated heterocycles. The highest BCUT2D eigenvalue weighted by atomic mass is 16.4. The smallest absolute Gasteiger partial charge is 0.320 e. The Bertz CT molecular complexity index is 581. The Morgan fingerprint density at radius 1 is 1.05 bits per heavy atom. The standard InChI is InChI=1S/C17H19NO2/c1-12-8-6-7-11-15(12)16(18-13(2)17(19)20)14-9-4-3-5-10-14/h3-11,13,16,18H,1-2H3,(H,19,20). The van der Waals surface area contributed by atoms with Crippen molar-refractivity contribution in [2.45, 2.75) is 25.9 Å². The van der Waals surface area contributed by atoms with Crippen molar-refractivity contribution >= 4 is 5.97 Å². The lowest BCUT2D eigenvalue weighted by Crippen LogP contribution is -2.37. The molecule has 0 aliphatic heterocycles. The molecule has 0 aliphatic rings. The summed E-state index contributed by atoms with van der Waals surface area (Å²) < 4.78 is 0. The second-order valence-electron chi connectivity index (χ2n) is 4.93. The zero-order chi connectivity index (χ0) is 14.5. The summed E-state index contributed by atoms with van der Waals surface area (Å²) in [7, 11) is 0. The predicted octanol–water partition coefficient (Wildman–Crippen LogP) is 3.15. The van der Waals surface area contributed by atoms with Gasteiger partial charge in [0.25, 0.3) is 0 Å². The van der Waals surface area contributed by atoms with Crippen LogP contribution in [0.5, 0.6) is 0 Å². The van der Waals surface area contributed by atoms with Gasteiger partial charge in [-0.2, -0.15) is 0 Å². The van der Waals surface area contributed by atoms with Crippen LogP contribution in [0.15, 0.2) is 54.6 Å². The first kappa shape index (κ1) is 14.3. The molecule has 2 atom stereocenters. The molecule has 2 unspecified atom stereocenters. The van der Waals surface area contributed by atoms with Crippen molar-refractivity contribution < 1.29 is 9.90 Å². The van der Waals surface area contributed by atoms with Gasteiger partial charge in [-0.25, -0.2) is 0 Å². The summed E-state index contributed by atoms with van der Waals surface area (Å²) >= 11 is 0. The van der Waals surface area contributed by atoms with E-state index in [1.54, 1.807) is 6.92 Å². The van der Waals surface area contributed by atoms with Gasteiger partial charge in [-0.15, -0.1) is 0 Å². The first-order valence-electron chi connectivity index (χ1n) is 6.69. The summed E-state index contributed by atoms with van der Waals surface area (Å²) in [6.45, 7) is 3.70. The number of aliphatic carboxylic acids is 1. The molecule has 0 bridgehead atoms. The molecule has 0 heterocycles. The lowest BCUT2D eigenvalue weighted by molar-refractivity contribution is -0.139. The van der Waals surface area contributed by atoms with Gasteiger partial charge < -0.3 is 5.11 Å². The van der Waals surface area contributed by atoms with Crippen molar-refractivity contribution in [2.75, 3.05) is 0 Å². The maximum absolute atomic E-state index is 11.1. The van der Waals surface area contributed by atoms with E-state index < -0.39 is 12.0 Å². The molecule has 0 saturated carbocycles. The fourth-order valence-electron chi connectivity index (χ4n) is 2.24. The van der Waals surface area contributed by atoms with Gasteiger partial charge in [0.1, 0.15) is 6.04 Å². The van der Waals surface area contributed by atoms with E-state index in [9.17, 15) is 4.79 Å². The van der Waals surface area contributed by atoms with Crippen molar-refractivity contribution in [3.8, 4) is 0 Å². The van der Waals surface area contributed by atoms with Gasteiger partial charge in [-0.3, -0.25) is 10.1 Å². The molecule has 3 nitrogen and oxygen atoms in total. The molecule has 104 valence electrons. The zero-order valence-corrected chi connectivity index (χ0v) is 11.7. The van der Waals surface area contributed by atoms with Gasteiger partial charge in [0.15, 0.2) is 0 Å². The van der Waals surface area contributed by atoms with Crippen LogP contribution in [0.3, 0.4) is 0 Å². The van der Waals surface area contributed by atoms with Crippen molar-refractivity contribution in [1.29, 1.82) is 0 Å². The van der Waals surface area contributed by atoms with Crippen LogP contribution in [-0.2, 0) is 4.79 Å². The van der Waals surface area contributed by atoms with Crippen LogP contribution in [0.2, 0.25) is 0 Å². The highest BCUT2D eigenvalue weighted by Crippen LogP contribution is 2.25. The first-order chi connectivity index (χ1) is 9.59. The summed E-state index contributed by atoms with van der Waals surface area (Å²) in [6.07, 6.45) is 0. The topological polar surface area (TPSA) is 49.3 Å². The molecule has 0 amide bonds. The molecular weight excluding hydrogens is 250 g/mol. The van der Waals surface area contributed by atoms with E-state index in [4.69, 9.17) is 5.11 Å². The predicted molar refractivity (Wildman–Crippen MR) is 79.7 cm³/mol. The minimum atomic E-state index is -0.848. The number of carboxylic acid groups (broad SMARTS) is 1. The van der Waals surface area contributed by atoms with E-state index in [0.29, 0.717) is 0 Å². The molecule has 0 spiro atoms. The van der Waals surface area contributed by atoms with E-state index in [1.807, 2.05) is 61.5 Å². The third kappa shape index (κ3) is 3.25. The van der Waals surface area contributed by atoms with Crippen LogP contribution < -0.4 is 5.32 Å². The maximum atomic E-state index is 11.1. The second-order valence-corrected chi connectivity index (χ2v) is 4.93. The molecule has 0 aromatic heterocycles. The van der Waals surface area contributed by atoms with Gasteiger partial charge >= 0.3 is 5.97 Å². The number of rotatable bonds is 5. The van der Waals surface area contributed by atoms with Crippen LogP contribution in [0.1, 0.15) is 29.7 Å². The van der Waals surface area contributed by atoms with E-state index >= 15 is 0 Å². The van der Waals surface area contributed by atoms with E-state index in [-0.39, 0.29) is 6.04 Å². The van der Waals surface area contributed by atoms with Crippen LogP contribution >= 0.6 is 0 Å². The maximum Gasteiger partial charge on any atom is 0.320 e. The Hall–Kier alpha value is -2.13. The third-order valence-corrected chi connectivity index (χ3v) is 3.42. The summed E-state index contributed by atoms with van der Waals surface area (Å²) in [5.41, 5.74) is 3.31. The fraction of sp³-hybridized carbons (Fsp3) is 0.235. The number of carbonyl (C=O) groups is 1. The van der Waals surface area contributed by atoms with Gasteiger partial charge in [-0.05, 0) is 30.5 Å². The lowest BCUT2D eigenvalue weighted by atomic mass is 9.94. The lowest BCUT2D eigenvalue weighted by Gasteiger charge is -2.23. The monoisotopic (exact) mass is 269 g/mol. The molecule has 0 fully saturated rings. The Kier molecular flexibility index (Phi) is 4.53. The molecule has 0 radical (unpaired) electrons. The minimum Gasteiger partial charge on any atom is -0.480 e. The number of aryl methyl sites for hydroxylation is 1. The van der Waals surface area contributed by atoms with Gasteiger partial charge in [0.05, 0.1) is 6.04 Å². The minimum absolute atomic E-state index is 0.122. The number of hydrogen-bond acceptors (Lipinski definition) is 2. The molecule has 2 rings (SSSR count). The summed E-state index contributed by atoms with van der Waals surface area (Å²) in [6, 6.07) is 17.2. The molecule has 2 aromatic carbocycles. The van der Waals surface area contributed by atoms with Gasteiger partial charge in [0.2, 0.25) is 0 Å². The van der Waals surface area contributed by atoms with E-state index in [2.05, 4.69) is 5.32 Å². The zero-order valence-electron chi connectivity index (χ0n) is 11.7. The quantitative estimate of drug-likeness (QED) is 0.876. The van der Waals surface area contributed by atoms with Crippen LogP contribution in [0.4, 0.5) is 0 Å². The highest BCUT2D eigenvalue weighted by Gasteiger charge is 2.21. The average molecular weight is 269 g/mol. The number of benzene rings is 2. The van der Waals surface area contributed by atoms with Gasteiger partial charge in [-0.1, -0.05) is 54.6 Å². The molecule has 2 N–H and O–H groups in total. The first-order valence-corrected chi connectivity index (χ1v) is 6.69. The van der Waals surface area contributed by atoms with Crippen molar-refractivity contribution in [1.82, 2.24) is 5.32 Å². The van der Waals surface area contributed by atoms with Crippen LogP contribution in [0.25, 0.3) is 0 Å². The van der Waals surface area contributed by atoms with Crippen molar-refractivity contribution in [3.05, 3.63) is 71.3 Å². The molecule has 20 heavy (non-hydrogen) atoms. The Morgan fingerprint density at radius 3 is 2.25 bits per heavy atom. The SMILES string of the molecule is Cc1ccccc1C(NC(C)C(=O)O)c1ccccc1. The Labute approximate surface area is 119 Å². The van der Waals surface area contributed by atoms with Crippen molar-refractivity contribution in [3.63, 3.8) is 0 Å². The van der Waals surface area contributed by atoms with Crippen molar-refractivity contribution in [2.24, 2.45) is 0 Å². The number of carboxylic acids is 1. The van der Waals surface area contributed by atoms with Gasteiger partial charge in [0, 0.05) is 0 Å². The molecule has 3 heteroatoms.